The van der Waals surface area contributed by atoms with Gasteiger partial charge < -0.3 is 21.1 Å². The number of unbranched alkanes of at least 4 members (excludes halogenated alkanes) is 1. The van der Waals surface area contributed by atoms with Crippen molar-refractivity contribution in [1.29, 1.82) is 0 Å². The van der Waals surface area contributed by atoms with Gasteiger partial charge in [0.15, 0.2) is 0 Å². The minimum Gasteiger partial charge on any atom is -0.480 e. The monoisotopic (exact) mass is 369 g/mol. The van der Waals surface area contributed by atoms with Crippen molar-refractivity contribution >= 4 is 23.0 Å². The molecule has 0 spiro atoms. The van der Waals surface area contributed by atoms with Crippen LogP contribution in [0.3, 0.4) is 0 Å². The molecule has 0 aliphatic heterocycles. The Kier molecular flexibility index (Phi) is 7.87. The highest BCUT2D eigenvalue weighted by molar-refractivity contribution is 5.80. The summed E-state index contributed by atoms with van der Waals surface area (Å²) in [6.07, 6.45) is 1.38. The van der Waals surface area contributed by atoms with Crippen molar-refractivity contribution in [1.82, 2.24) is 4.90 Å². The second-order valence-corrected chi connectivity index (χ2v) is 6.07. The molecule has 0 amide bonds. The minimum absolute atomic E-state index is 0.0578. The van der Waals surface area contributed by atoms with E-state index < -0.39 is 27.5 Å². The number of nitrogens with two attached hydrogens (primary N) is 1. The molecule has 1 rings (SSSR count). The fraction of sp³-hybridized carbons (Fsp3) is 0.533. The molecule has 0 bridgehead atoms. The summed E-state index contributed by atoms with van der Waals surface area (Å²) in [6, 6.07) is 1.07. The summed E-state index contributed by atoms with van der Waals surface area (Å²) < 4.78 is 0. The van der Waals surface area contributed by atoms with Crippen molar-refractivity contribution in [3.8, 4) is 0 Å². The first-order valence-corrected chi connectivity index (χ1v) is 7.97. The molecule has 0 heterocycles. The van der Waals surface area contributed by atoms with Crippen LogP contribution in [-0.2, 0) is 11.3 Å². The fourth-order valence-corrected chi connectivity index (χ4v) is 2.46. The summed E-state index contributed by atoms with van der Waals surface area (Å²) in [6.45, 7) is 0.588. The van der Waals surface area contributed by atoms with Gasteiger partial charge in [-0.1, -0.05) is 0 Å². The highest BCUT2D eigenvalue weighted by atomic mass is 16.6. The van der Waals surface area contributed by atoms with Crippen molar-refractivity contribution in [2.75, 3.05) is 26.0 Å². The predicted molar refractivity (Wildman–Crippen MR) is 95.1 cm³/mol. The Morgan fingerprint density at radius 2 is 1.85 bits per heavy atom. The van der Waals surface area contributed by atoms with E-state index in [4.69, 9.17) is 5.73 Å². The Bertz CT molecular complexity index is 679. The number of aliphatic carboxylic acids is 1. The van der Waals surface area contributed by atoms with Crippen LogP contribution in [0.25, 0.3) is 0 Å². The van der Waals surface area contributed by atoms with E-state index in [1.807, 2.05) is 0 Å². The van der Waals surface area contributed by atoms with E-state index in [9.17, 15) is 30.1 Å². The lowest BCUT2D eigenvalue weighted by atomic mass is 10.1. The molecule has 26 heavy (non-hydrogen) atoms. The maximum Gasteiger partial charge on any atom is 0.326 e. The number of benzene rings is 1. The smallest absolute Gasteiger partial charge is 0.326 e. The lowest BCUT2D eigenvalue weighted by Gasteiger charge is -2.17. The van der Waals surface area contributed by atoms with Gasteiger partial charge >= 0.3 is 5.97 Å². The first-order chi connectivity index (χ1) is 12.2. The largest absolute Gasteiger partial charge is 0.480 e. The molecule has 1 atom stereocenters. The average Bonchev–Trinajstić information content (AvgIpc) is 2.52. The highest BCUT2D eigenvalue weighted by Crippen LogP contribution is 2.34. The lowest BCUT2D eigenvalue weighted by Crippen LogP contribution is -2.29. The number of nitrogens with one attached hydrogen (secondary N) is 1. The molecule has 0 saturated heterocycles. The number of carboxylic acids is 1. The number of rotatable bonds is 11. The first kappa shape index (κ1) is 21.3. The van der Waals surface area contributed by atoms with Gasteiger partial charge in [-0.2, -0.15) is 0 Å². The molecule has 0 radical (unpaired) electrons. The summed E-state index contributed by atoms with van der Waals surface area (Å²) in [7, 11) is 3.40. The summed E-state index contributed by atoms with van der Waals surface area (Å²) in [4.78, 5) is 34.2. The molecule has 1 aromatic carbocycles. The topological polar surface area (TPSA) is 165 Å². The maximum atomic E-state index is 11.4. The fourth-order valence-electron chi connectivity index (χ4n) is 2.46. The number of carboxylic acid groups (broad SMARTS) is 1. The summed E-state index contributed by atoms with van der Waals surface area (Å²) in [5.41, 5.74) is 4.66. The van der Waals surface area contributed by atoms with Gasteiger partial charge in [-0.25, -0.2) is 4.79 Å². The molecule has 0 aliphatic carbocycles. The van der Waals surface area contributed by atoms with Crippen LogP contribution in [0.2, 0.25) is 0 Å². The van der Waals surface area contributed by atoms with Gasteiger partial charge in [-0.3, -0.25) is 20.2 Å². The Balaban J connectivity index is 3.30. The van der Waals surface area contributed by atoms with Gasteiger partial charge in [0, 0.05) is 12.1 Å². The Hall–Kier alpha value is -2.79. The molecule has 11 heteroatoms. The third-order valence-corrected chi connectivity index (χ3v) is 3.65. The second-order valence-electron chi connectivity index (χ2n) is 6.07. The Morgan fingerprint density at radius 3 is 2.31 bits per heavy atom. The number of anilines is 1. The summed E-state index contributed by atoms with van der Waals surface area (Å²) >= 11 is 0. The van der Waals surface area contributed by atoms with Crippen LogP contribution >= 0.6 is 0 Å². The number of nitro groups is 2. The average molecular weight is 369 g/mol. The van der Waals surface area contributed by atoms with Gasteiger partial charge in [0.25, 0.3) is 11.4 Å². The van der Waals surface area contributed by atoms with Crippen molar-refractivity contribution in [2.24, 2.45) is 5.73 Å². The van der Waals surface area contributed by atoms with Gasteiger partial charge in [0.1, 0.15) is 11.7 Å². The number of hydrogen-bond acceptors (Lipinski definition) is 8. The highest BCUT2D eigenvalue weighted by Gasteiger charge is 2.27. The Morgan fingerprint density at radius 1 is 1.23 bits per heavy atom. The van der Waals surface area contributed by atoms with E-state index in [1.165, 1.54) is 6.07 Å². The molecule has 144 valence electrons. The zero-order valence-electron chi connectivity index (χ0n) is 14.7. The second kappa shape index (κ2) is 9.63. The Labute approximate surface area is 150 Å². The van der Waals surface area contributed by atoms with Gasteiger partial charge in [0.2, 0.25) is 0 Å². The van der Waals surface area contributed by atoms with Crippen LogP contribution < -0.4 is 11.1 Å². The quantitative estimate of drug-likeness (QED) is 0.298. The minimum atomic E-state index is -1.16. The molecule has 0 aromatic heterocycles. The van der Waals surface area contributed by atoms with Crippen LogP contribution in [-0.4, -0.2) is 52.5 Å². The van der Waals surface area contributed by atoms with E-state index in [0.717, 1.165) is 6.07 Å². The molecular weight excluding hydrogens is 346 g/mol. The zero-order chi connectivity index (χ0) is 19.9. The molecule has 0 aliphatic rings. The zero-order valence-corrected chi connectivity index (χ0v) is 14.7. The number of nitro benzene ring substituents is 2. The maximum absolute atomic E-state index is 11.4. The predicted octanol–water partition coefficient (Wildman–Crippen LogP) is 1.56. The van der Waals surface area contributed by atoms with E-state index in [0.29, 0.717) is 19.4 Å². The first-order valence-electron chi connectivity index (χ1n) is 7.97. The normalized spacial score (nSPS) is 12.0. The number of nitrogens with zero attached hydrogens (tertiary/aromatic N) is 3. The van der Waals surface area contributed by atoms with Crippen molar-refractivity contribution in [2.45, 2.75) is 31.8 Å². The molecule has 0 unspecified atom stereocenters. The van der Waals surface area contributed by atoms with E-state index in [-0.39, 0.29) is 29.9 Å². The van der Waals surface area contributed by atoms with Crippen LogP contribution in [0.4, 0.5) is 17.1 Å². The molecule has 1 aromatic rings. The molecule has 4 N–H and O–H groups in total. The standard InChI is InChI=1S/C15H23N5O6/c1-18(2)9-10-7-12(14(20(25)26)8-13(10)19(23)24)17-11(15(21)22)5-3-4-6-16/h7-8,11,17H,3-6,9,16H2,1-2H3,(H,21,22)/t11-/m0/s1. The summed E-state index contributed by atoms with van der Waals surface area (Å²) in [5, 5.41) is 34.5. The lowest BCUT2D eigenvalue weighted by molar-refractivity contribution is -0.394. The molecule has 0 saturated carbocycles. The SMILES string of the molecule is CN(C)Cc1cc(N[C@@H](CCCCN)C(=O)O)c([N+](=O)[O-])cc1[N+](=O)[O-]. The third-order valence-electron chi connectivity index (χ3n) is 3.65. The molecule has 11 nitrogen and oxygen atoms in total. The van der Waals surface area contributed by atoms with Gasteiger partial charge in [0.05, 0.1) is 15.9 Å². The van der Waals surface area contributed by atoms with Gasteiger partial charge in [-0.05, 0) is 46.0 Å². The van der Waals surface area contributed by atoms with E-state index in [2.05, 4.69) is 5.32 Å². The van der Waals surface area contributed by atoms with Crippen molar-refractivity contribution in [3.63, 3.8) is 0 Å². The van der Waals surface area contributed by atoms with Gasteiger partial charge in [-0.15, -0.1) is 0 Å². The van der Waals surface area contributed by atoms with Crippen LogP contribution in [0.1, 0.15) is 24.8 Å². The van der Waals surface area contributed by atoms with Crippen LogP contribution in [0.15, 0.2) is 12.1 Å². The molecular formula is C15H23N5O6. The van der Waals surface area contributed by atoms with Crippen molar-refractivity contribution < 1.29 is 19.7 Å². The number of carbonyl (C=O) groups is 1. The van der Waals surface area contributed by atoms with Crippen molar-refractivity contribution in [3.05, 3.63) is 37.9 Å². The van der Waals surface area contributed by atoms with Crippen LogP contribution in [0, 0.1) is 20.2 Å². The van der Waals surface area contributed by atoms with E-state index >= 15 is 0 Å². The molecule has 0 fully saturated rings. The van der Waals surface area contributed by atoms with E-state index in [1.54, 1.807) is 19.0 Å². The number of hydrogen-bond donors (Lipinski definition) is 3. The van der Waals surface area contributed by atoms with Crippen LogP contribution in [0.5, 0.6) is 0 Å². The third kappa shape index (κ3) is 5.93. The summed E-state index contributed by atoms with van der Waals surface area (Å²) in [5.74, 6) is -1.16.